The van der Waals surface area contributed by atoms with E-state index in [-0.39, 0.29) is 19.2 Å². The van der Waals surface area contributed by atoms with Crippen molar-refractivity contribution in [1.29, 1.82) is 0 Å². The minimum absolute atomic E-state index is 0.0261. The molecule has 3 aliphatic heterocycles. The topological polar surface area (TPSA) is 132 Å². The van der Waals surface area contributed by atoms with E-state index in [4.69, 9.17) is 18.7 Å². The maximum atomic E-state index is 13.2. The fraction of sp³-hybridized carbons (Fsp3) is 0.273. The summed E-state index contributed by atoms with van der Waals surface area (Å²) in [6.07, 6.45) is 0. The lowest BCUT2D eigenvalue weighted by atomic mass is 10.1. The van der Waals surface area contributed by atoms with Gasteiger partial charge in [0.25, 0.3) is 11.8 Å². The summed E-state index contributed by atoms with van der Waals surface area (Å²) in [6.45, 7) is 2.59. The fourth-order valence-electron chi connectivity index (χ4n) is 4.08. The van der Waals surface area contributed by atoms with Gasteiger partial charge in [0.15, 0.2) is 23.6 Å². The first kappa shape index (κ1) is 20.1. The number of ether oxygens (including phenoxy) is 3. The summed E-state index contributed by atoms with van der Waals surface area (Å²) in [5.41, 5.74) is 1.14. The molecule has 2 amide bonds. The summed E-state index contributed by atoms with van der Waals surface area (Å²) in [4.78, 5) is 31.6. The van der Waals surface area contributed by atoms with E-state index in [1.54, 1.807) is 42.5 Å². The monoisotopic (exact) mass is 462 g/mol. The van der Waals surface area contributed by atoms with Crippen LogP contribution in [0.3, 0.4) is 0 Å². The second kappa shape index (κ2) is 7.83. The molecule has 0 unspecified atom stereocenters. The van der Waals surface area contributed by atoms with Crippen molar-refractivity contribution >= 4 is 17.5 Å². The summed E-state index contributed by atoms with van der Waals surface area (Å²) in [5.74, 6) is 1.64. The van der Waals surface area contributed by atoms with Crippen molar-refractivity contribution in [2.24, 2.45) is 10.3 Å². The molecule has 34 heavy (non-hydrogen) atoms. The molecule has 0 bridgehead atoms. The average Bonchev–Trinajstić information content (AvgIpc) is 3.62. The Bertz CT molecular complexity index is 1310. The number of anilines is 1. The number of benzene rings is 2. The predicted octanol–water partition coefficient (Wildman–Crippen LogP) is 2.36. The molecule has 4 heterocycles. The molecule has 1 aromatic heterocycles. The second-order valence-corrected chi connectivity index (χ2v) is 7.71. The lowest BCUT2D eigenvalue weighted by Crippen LogP contribution is -2.39. The van der Waals surface area contributed by atoms with Gasteiger partial charge in [0.1, 0.15) is 12.3 Å². The van der Waals surface area contributed by atoms with Crippen molar-refractivity contribution in [2.45, 2.75) is 25.6 Å². The molecule has 0 radical (unpaired) electrons. The van der Waals surface area contributed by atoms with Crippen LogP contribution >= 0.6 is 0 Å². The molecule has 0 aliphatic carbocycles. The third-order valence-corrected chi connectivity index (χ3v) is 5.66. The van der Waals surface area contributed by atoms with Crippen molar-refractivity contribution in [3.05, 3.63) is 48.4 Å². The van der Waals surface area contributed by atoms with E-state index in [0.717, 1.165) is 4.90 Å². The number of amides is 2. The highest BCUT2D eigenvalue weighted by Gasteiger charge is 2.55. The van der Waals surface area contributed by atoms with Crippen LogP contribution in [0.5, 0.6) is 17.2 Å². The smallest absolute Gasteiger partial charge is 0.263 e. The quantitative estimate of drug-likeness (QED) is 0.506. The zero-order chi connectivity index (χ0) is 23.2. The molecule has 3 aromatic rings. The lowest BCUT2D eigenvalue weighted by Gasteiger charge is -2.19. The van der Waals surface area contributed by atoms with Crippen molar-refractivity contribution in [3.63, 3.8) is 0 Å². The summed E-state index contributed by atoms with van der Waals surface area (Å²) in [6, 6.07) is 10.3. The SMILES string of the molecule is CCOc1ccc(N2C(=O)[C@@H]3N=NN(Cc4nc(-c5ccc6c(c5)OCO6)no4)[C@H]3C2=O)cc1. The van der Waals surface area contributed by atoms with Crippen LogP contribution in [0.1, 0.15) is 12.8 Å². The summed E-state index contributed by atoms with van der Waals surface area (Å²) in [5, 5.41) is 13.4. The highest BCUT2D eigenvalue weighted by Crippen LogP contribution is 2.36. The van der Waals surface area contributed by atoms with Gasteiger partial charge in [-0.25, -0.2) is 4.90 Å². The van der Waals surface area contributed by atoms with Crippen LogP contribution < -0.4 is 19.1 Å². The molecular formula is C22H18N6O6. The predicted molar refractivity (Wildman–Crippen MR) is 114 cm³/mol. The van der Waals surface area contributed by atoms with E-state index in [0.29, 0.717) is 40.9 Å². The van der Waals surface area contributed by atoms with Gasteiger partial charge in [0, 0.05) is 5.56 Å². The van der Waals surface area contributed by atoms with E-state index in [2.05, 4.69) is 20.5 Å². The Morgan fingerprint density at radius 2 is 1.88 bits per heavy atom. The van der Waals surface area contributed by atoms with Crippen molar-refractivity contribution in [1.82, 2.24) is 15.1 Å². The van der Waals surface area contributed by atoms with Crippen LogP contribution in [-0.2, 0) is 16.1 Å². The van der Waals surface area contributed by atoms with Gasteiger partial charge >= 0.3 is 0 Å². The first-order chi connectivity index (χ1) is 16.6. The van der Waals surface area contributed by atoms with Gasteiger partial charge in [-0.15, -0.1) is 0 Å². The van der Waals surface area contributed by atoms with Crippen LogP contribution in [0.15, 0.2) is 57.3 Å². The molecular weight excluding hydrogens is 444 g/mol. The van der Waals surface area contributed by atoms with E-state index in [1.807, 2.05) is 6.92 Å². The fourth-order valence-corrected chi connectivity index (χ4v) is 4.08. The number of fused-ring (bicyclic) bond motifs is 2. The van der Waals surface area contributed by atoms with Gasteiger partial charge in [0.05, 0.1) is 12.3 Å². The third-order valence-electron chi connectivity index (χ3n) is 5.66. The zero-order valence-electron chi connectivity index (χ0n) is 18.0. The van der Waals surface area contributed by atoms with Crippen molar-refractivity contribution < 1.29 is 28.3 Å². The highest BCUT2D eigenvalue weighted by atomic mass is 16.7. The first-order valence-electron chi connectivity index (χ1n) is 10.6. The Balaban J connectivity index is 1.19. The molecule has 0 saturated carbocycles. The number of hydrogen-bond donors (Lipinski definition) is 0. The van der Waals surface area contributed by atoms with Gasteiger partial charge in [0.2, 0.25) is 18.5 Å². The standard InChI is InChI=1S/C22H18N6O6/c1-2-31-14-6-4-13(5-7-14)28-21(29)18-19(22(28)30)27(26-24-18)10-17-23-20(25-34-17)12-3-8-15-16(9-12)33-11-32-15/h3-9,18-19H,2,10-11H2,1H3/t18-,19-/m1/s1. The molecule has 0 spiro atoms. The molecule has 12 heteroatoms. The largest absolute Gasteiger partial charge is 0.494 e. The number of carbonyl (C=O) groups is 2. The summed E-state index contributed by atoms with van der Waals surface area (Å²) < 4.78 is 21.5. The van der Waals surface area contributed by atoms with Crippen LogP contribution in [-0.4, -0.2) is 52.4 Å². The molecule has 2 atom stereocenters. The normalized spacial score (nSPS) is 20.4. The molecule has 0 N–H and O–H groups in total. The molecule has 1 saturated heterocycles. The number of imide groups is 1. The average molecular weight is 462 g/mol. The zero-order valence-corrected chi connectivity index (χ0v) is 18.0. The number of rotatable bonds is 6. The molecule has 6 rings (SSSR count). The van der Waals surface area contributed by atoms with E-state index in [9.17, 15) is 9.59 Å². The lowest BCUT2D eigenvalue weighted by molar-refractivity contribution is -0.123. The van der Waals surface area contributed by atoms with E-state index in [1.165, 1.54) is 5.01 Å². The number of carbonyl (C=O) groups excluding carboxylic acids is 2. The Kier molecular flexibility index (Phi) is 4.64. The van der Waals surface area contributed by atoms with Crippen molar-refractivity contribution in [3.8, 4) is 28.6 Å². The van der Waals surface area contributed by atoms with Gasteiger partial charge in [-0.05, 0) is 49.4 Å². The van der Waals surface area contributed by atoms with Gasteiger partial charge in [-0.1, -0.05) is 10.4 Å². The number of aromatic nitrogens is 2. The maximum absolute atomic E-state index is 13.2. The second-order valence-electron chi connectivity index (χ2n) is 7.71. The first-order valence-corrected chi connectivity index (χ1v) is 10.6. The minimum atomic E-state index is -0.921. The van der Waals surface area contributed by atoms with Crippen LogP contribution in [0.25, 0.3) is 11.4 Å². The molecule has 12 nitrogen and oxygen atoms in total. The maximum Gasteiger partial charge on any atom is 0.263 e. The van der Waals surface area contributed by atoms with Crippen LogP contribution in [0.2, 0.25) is 0 Å². The van der Waals surface area contributed by atoms with Crippen LogP contribution in [0.4, 0.5) is 5.69 Å². The van der Waals surface area contributed by atoms with Crippen molar-refractivity contribution in [2.75, 3.05) is 18.3 Å². The third kappa shape index (κ3) is 3.22. The Morgan fingerprint density at radius 1 is 1.06 bits per heavy atom. The van der Waals surface area contributed by atoms with Gasteiger partial charge in [-0.2, -0.15) is 10.1 Å². The highest BCUT2D eigenvalue weighted by molar-refractivity contribution is 6.25. The Morgan fingerprint density at radius 3 is 2.71 bits per heavy atom. The van der Waals surface area contributed by atoms with E-state index >= 15 is 0 Å². The summed E-state index contributed by atoms with van der Waals surface area (Å²) in [7, 11) is 0. The van der Waals surface area contributed by atoms with Gasteiger partial charge < -0.3 is 18.7 Å². The summed E-state index contributed by atoms with van der Waals surface area (Å²) >= 11 is 0. The van der Waals surface area contributed by atoms with Gasteiger partial charge in [-0.3, -0.25) is 14.6 Å². The van der Waals surface area contributed by atoms with Crippen LogP contribution in [0, 0.1) is 0 Å². The Hall–Kier alpha value is -4.48. The molecule has 3 aliphatic rings. The molecule has 172 valence electrons. The minimum Gasteiger partial charge on any atom is -0.494 e. The molecule has 2 aromatic carbocycles. The Labute approximate surface area is 192 Å². The number of hydrogen-bond acceptors (Lipinski definition) is 11. The number of nitrogens with zero attached hydrogens (tertiary/aromatic N) is 6. The van der Waals surface area contributed by atoms with E-state index < -0.39 is 23.9 Å². The molecule has 1 fully saturated rings.